The maximum Gasteiger partial charge on any atom is 0.157 e. The quantitative estimate of drug-likeness (QED) is 0.485. The third-order valence-corrected chi connectivity index (χ3v) is 8.00. The summed E-state index contributed by atoms with van der Waals surface area (Å²) in [4.78, 5) is 0. The Balaban J connectivity index is 1.38. The molecule has 1 N–H and O–H groups in total. The Bertz CT molecular complexity index is 684. The van der Waals surface area contributed by atoms with Gasteiger partial charge in [0.15, 0.2) is 6.29 Å². The number of hydrogen-bond donors (Lipinski definition) is 1. The first-order valence-corrected chi connectivity index (χ1v) is 12.8. The van der Waals surface area contributed by atoms with Crippen LogP contribution in [0.15, 0.2) is 18.2 Å². The summed E-state index contributed by atoms with van der Waals surface area (Å²) in [5.74, 6) is 2.56. The zero-order chi connectivity index (χ0) is 21.6. The van der Waals surface area contributed by atoms with Gasteiger partial charge in [0.2, 0.25) is 0 Å². The first-order valence-electron chi connectivity index (χ1n) is 12.8. The number of rotatable bonds is 10. The summed E-state index contributed by atoms with van der Waals surface area (Å²) in [5.41, 5.74) is 2.79. The summed E-state index contributed by atoms with van der Waals surface area (Å²) in [6.45, 7) is 3.09. The molecule has 0 radical (unpaired) electrons. The third kappa shape index (κ3) is 5.64. The molecule has 1 saturated heterocycles. The molecule has 0 spiro atoms. The minimum Gasteiger partial charge on any atom is -0.496 e. The van der Waals surface area contributed by atoms with E-state index >= 15 is 0 Å². The van der Waals surface area contributed by atoms with Gasteiger partial charge in [-0.15, -0.1) is 0 Å². The molecule has 4 heteroatoms. The van der Waals surface area contributed by atoms with E-state index in [4.69, 9.17) is 14.2 Å². The fourth-order valence-corrected chi connectivity index (χ4v) is 6.31. The Kier molecular flexibility index (Phi) is 8.30. The van der Waals surface area contributed by atoms with E-state index in [-0.39, 0.29) is 18.5 Å². The molecule has 31 heavy (non-hydrogen) atoms. The van der Waals surface area contributed by atoms with Crippen LogP contribution in [0.25, 0.3) is 0 Å². The van der Waals surface area contributed by atoms with Gasteiger partial charge in [-0.3, -0.25) is 0 Å². The Morgan fingerprint density at radius 1 is 1.16 bits per heavy atom. The number of ether oxygens (including phenoxy) is 3. The van der Waals surface area contributed by atoms with Crippen molar-refractivity contribution in [2.24, 2.45) is 17.8 Å². The SMILES string of the molecule is CCCCC[C@@H](CC[C@@H]1[C@H]2Cc3cccc(OC)c3C[C@H]2C[C@H]1O)OC1CCCCO1. The Labute approximate surface area is 188 Å². The van der Waals surface area contributed by atoms with Crippen molar-refractivity contribution in [2.75, 3.05) is 13.7 Å². The smallest absolute Gasteiger partial charge is 0.157 e. The van der Waals surface area contributed by atoms with E-state index in [0.717, 1.165) is 63.7 Å². The van der Waals surface area contributed by atoms with Gasteiger partial charge in [0, 0.05) is 6.61 Å². The maximum atomic E-state index is 11.0. The number of aliphatic hydroxyl groups is 1. The van der Waals surface area contributed by atoms with E-state index in [9.17, 15) is 5.11 Å². The number of fused-ring (bicyclic) bond motifs is 2. The fourth-order valence-electron chi connectivity index (χ4n) is 6.31. The van der Waals surface area contributed by atoms with E-state index in [1.165, 1.54) is 36.8 Å². The highest BCUT2D eigenvalue weighted by Crippen LogP contribution is 2.48. The lowest BCUT2D eigenvalue weighted by Crippen LogP contribution is -2.30. The number of methoxy groups -OCH3 is 1. The molecule has 0 aromatic heterocycles. The highest BCUT2D eigenvalue weighted by atomic mass is 16.7. The van der Waals surface area contributed by atoms with Crippen molar-refractivity contribution in [3.63, 3.8) is 0 Å². The van der Waals surface area contributed by atoms with Gasteiger partial charge in [-0.05, 0) is 92.7 Å². The molecular formula is C27H42O4. The van der Waals surface area contributed by atoms with Crippen molar-refractivity contribution in [3.8, 4) is 5.75 Å². The average molecular weight is 431 g/mol. The van der Waals surface area contributed by atoms with Gasteiger partial charge in [-0.1, -0.05) is 38.3 Å². The van der Waals surface area contributed by atoms with Crippen molar-refractivity contribution in [1.29, 1.82) is 0 Å². The predicted molar refractivity (Wildman–Crippen MR) is 123 cm³/mol. The van der Waals surface area contributed by atoms with Gasteiger partial charge < -0.3 is 19.3 Å². The second kappa shape index (κ2) is 11.2. The van der Waals surface area contributed by atoms with Crippen molar-refractivity contribution >= 4 is 0 Å². The molecule has 1 unspecified atom stereocenters. The molecule has 6 atom stereocenters. The maximum absolute atomic E-state index is 11.0. The molecule has 4 rings (SSSR count). The van der Waals surface area contributed by atoms with Crippen LogP contribution in [0.4, 0.5) is 0 Å². The van der Waals surface area contributed by atoms with Crippen LogP contribution in [0.5, 0.6) is 5.75 Å². The molecule has 1 aromatic rings. The number of hydrogen-bond acceptors (Lipinski definition) is 4. The zero-order valence-corrected chi connectivity index (χ0v) is 19.6. The van der Waals surface area contributed by atoms with Crippen LogP contribution < -0.4 is 4.74 Å². The number of benzene rings is 1. The van der Waals surface area contributed by atoms with Gasteiger partial charge >= 0.3 is 0 Å². The summed E-state index contributed by atoms with van der Waals surface area (Å²) >= 11 is 0. The predicted octanol–water partition coefficient (Wildman–Crippen LogP) is 5.68. The average Bonchev–Trinajstić information content (AvgIpc) is 3.10. The van der Waals surface area contributed by atoms with Crippen LogP contribution >= 0.6 is 0 Å². The van der Waals surface area contributed by atoms with Gasteiger partial charge in [0.05, 0.1) is 19.3 Å². The second-order valence-electron chi connectivity index (χ2n) is 10.0. The summed E-state index contributed by atoms with van der Waals surface area (Å²) < 4.78 is 17.9. The van der Waals surface area contributed by atoms with Crippen LogP contribution in [-0.2, 0) is 22.3 Å². The topological polar surface area (TPSA) is 47.9 Å². The van der Waals surface area contributed by atoms with Crippen molar-refractivity contribution < 1.29 is 19.3 Å². The minimum absolute atomic E-state index is 0.0179. The molecule has 0 amide bonds. The van der Waals surface area contributed by atoms with E-state index in [2.05, 4.69) is 25.1 Å². The highest BCUT2D eigenvalue weighted by Gasteiger charge is 2.45. The molecule has 1 heterocycles. The van der Waals surface area contributed by atoms with Gasteiger partial charge in [-0.2, -0.15) is 0 Å². The third-order valence-electron chi connectivity index (χ3n) is 8.00. The van der Waals surface area contributed by atoms with Crippen LogP contribution in [0.3, 0.4) is 0 Å². The van der Waals surface area contributed by atoms with Crippen molar-refractivity contribution in [3.05, 3.63) is 29.3 Å². The van der Waals surface area contributed by atoms with Gasteiger partial charge in [0.1, 0.15) is 5.75 Å². The van der Waals surface area contributed by atoms with Gasteiger partial charge in [-0.25, -0.2) is 0 Å². The first kappa shape index (κ1) is 23.1. The van der Waals surface area contributed by atoms with Crippen molar-refractivity contribution in [1.82, 2.24) is 0 Å². The van der Waals surface area contributed by atoms with Gasteiger partial charge in [0.25, 0.3) is 0 Å². The Morgan fingerprint density at radius 3 is 2.84 bits per heavy atom. The standard InChI is InChI=1S/C27H42O4/c1-3-4-5-10-21(31-27-12-6-7-15-30-27)13-14-22-23-16-19-9-8-11-26(29-2)24(19)17-20(23)18-25(22)28/h8-9,11,20-23,25,27-28H,3-7,10,12-18H2,1-2H3/t20-,21-,22+,23-,25+,27?/m0/s1. The molecule has 174 valence electrons. The fraction of sp³-hybridized carbons (Fsp3) is 0.778. The zero-order valence-electron chi connectivity index (χ0n) is 19.6. The summed E-state index contributed by atoms with van der Waals surface area (Å²) in [5, 5.41) is 11.0. The monoisotopic (exact) mass is 430 g/mol. The van der Waals surface area contributed by atoms with Crippen LogP contribution in [0, 0.1) is 17.8 Å². The second-order valence-corrected chi connectivity index (χ2v) is 10.0. The Morgan fingerprint density at radius 2 is 2.06 bits per heavy atom. The van der Waals surface area contributed by atoms with Crippen LogP contribution in [-0.4, -0.2) is 37.3 Å². The van der Waals surface area contributed by atoms with E-state index in [1.54, 1.807) is 7.11 Å². The molecule has 0 bridgehead atoms. The summed E-state index contributed by atoms with van der Waals surface area (Å²) in [6, 6.07) is 6.45. The number of unbranched alkanes of at least 4 members (excludes halogenated alkanes) is 2. The largest absolute Gasteiger partial charge is 0.496 e. The molecule has 1 aromatic carbocycles. The lowest BCUT2D eigenvalue weighted by molar-refractivity contribution is -0.191. The van der Waals surface area contributed by atoms with E-state index < -0.39 is 0 Å². The van der Waals surface area contributed by atoms with Crippen LogP contribution in [0.2, 0.25) is 0 Å². The lowest BCUT2D eigenvalue weighted by Gasteiger charge is -2.33. The summed E-state index contributed by atoms with van der Waals surface area (Å²) in [7, 11) is 1.77. The molecule has 2 aliphatic carbocycles. The normalized spacial score (nSPS) is 31.1. The first-order chi connectivity index (χ1) is 15.2. The van der Waals surface area contributed by atoms with E-state index in [1.807, 2.05) is 0 Å². The highest BCUT2D eigenvalue weighted by molar-refractivity contribution is 5.43. The van der Waals surface area contributed by atoms with Crippen LogP contribution in [0.1, 0.15) is 82.3 Å². The Hall–Kier alpha value is -1.10. The summed E-state index contributed by atoms with van der Waals surface area (Å²) in [6.07, 6.45) is 13.4. The van der Waals surface area contributed by atoms with E-state index in [0.29, 0.717) is 17.8 Å². The minimum atomic E-state index is -0.183. The van der Waals surface area contributed by atoms with Crippen molar-refractivity contribution in [2.45, 2.75) is 102 Å². The molecule has 2 fully saturated rings. The molecular weight excluding hydrogens is 388 g/mol. The lowest BCUT2D eigenvalue weighted by atomic mass is 9.73. The number of aliphatic hydroxyl groups excluding tert-OH is 1. The molecule has 1 aliphatic heterocycles. The molecule has 3 aliphatic rings. The molecule has 1 saturated carbocycles. The molecule has 4 nitrogen and oxygen atoms in total.